The average Bonchev–Trinajstić information content (AvgIpc) is 3.35. The Balaban J connectivity index is 1.62. The minimum Gasteiger partial charge on any atom is -0.477 e. The van der Waals surface area contributed by atoms with Crippen LogP contribution in [0.25, 0.3) is 27.9 Å². The van der Waals surface area contributed by atoms with E-state index in [1.165, 1.54) is 10.6 Å². The van der Waals surface area contributed by atoms with Crippen LogP contribution in [-0.4, -0.2) is 77.8 Å². The van der Waals surface area contributed by atoms with E-state index in [4.69, 9.17) is 4.74 Å². The third kappa shape index (κ3) is 4.39. The molecule has 12 heteroatoms. The van der Waals surface area contributed by atoms with Crippen molar-refractivity contribution >= 4 is 23.0 Å². The first-order chi connectivity index (χ1) is 19.7. The van der Waals surface area contributed by atoms with E-state index >= 15 is 4.39 Å². The van der Waals surface area contributed by atoms with Crippen LogP contribution in [0, 0.1) is 11.6 Å². The number of morpholine rings is 1. The lowest BCUT2D eigenvalue weighted by Gasteiger charge is -2.27. The van der Waals surface area contributed by atoms with Crippen LogP contribution in [0.5, 0.6) is 0 Å². The van der Waals surface area contributed by atoms with Crippen molar-refractivity contribution < 1.29 is 23.4 Å². The zero-order valence-electron chi connectivity index (χ0n) is 22.8. The van der Waals surface area contributed by atoms with Crippen LogP contribution < -0.4 is 15.8 Å². The number of carboxylic acids is 1. The summed E-state index contributed by atoms with van der Waals surface area (Å²) < 4.78 is 36.8. The predicted octanol–water partition coefficient (Wildman–Crippen LogP) is 3.24. The van der Waals surface area contributed by atoms with Crippen molar-refractivity contribution in [3.63, 3.8) is 0 Å². The Morgan fingerprint density at radius 3 is 2.59 bits per heavy atom. The molecule has 0 unspecified atom stereocenters. The summed E-state index contributed by atoms with van der Waals surface area (Å²) in [4.78, 5) is 38.1. The SMILES string of the molecule is CNc1cc(F)c(F)c2c1Cc1ncc(-c3cc(CN4CCOCC4)c4ncc(C(=O)O)c(=O)n4c3)c(N(C)C)c1-2. The molecule has 6 rings (SSSR count). The minimum absolute atomic E-state index is 0.156. The highest BCUT2D eigenvalue weighted by atomic mass is 19.2. The number of nitrogens with zero attached hydrogens (tertiary/aromatic N) is 5. The van der Waals surface area contributed by atoms with Gasteiger partial charge in [0.05, 0.1) is 24.6 Å². The van der Waals surface area contributed by atoms with E-state index in [0.717, 1.165) is 12.3 Å². The molecule has 4 heterocycles. The standard InChI is InChI=1S/C29H28F2N6O4/c1-32-21-10-20(30)25(31)23-17(21)9-22-24(23)26(35(2)3)18(11-33-22)15-8-16(13-36-4-6-41-7-5-36)27-34-12-19(29(39)40)28(38)37(27)14-15/h8,10-12,14,32H,4-7,9,13H2,1-3H3,(H,39,40). The Hall–Kier alpha value is -4.42. The molecule has 0 bridgehead atoms. The number of hydrogen-bond acceptors (Lipinski definition) is 8. The van der Waals surface area contributed by atoms with Gasteiger partial charge in [0.1, 0.15) is 11.2 Å². The van der Waals surface area contributed by atoms with Gasteiger partial charge in [0, 0.05) is 105 Å². The van der Waals surface area contributed by atoms with Crippen molar-refractivity contribution in [1.29, 1.82) is 0 Å². The molecule has 0 amide bonds. The second-order valence-electron chi connectivity index (χ2n) is 10.4. The number of aromatic nitrogens is 3. The molecule has 1 aliphatic heterocycles. The topological polar surface area (TPSA) is 112 Å². The summed E-state index contributed by atoms with van der Waals surface area (Å²) in [7, 11) is 5.27. The molecule has 4 aromatic rings. The first kappa shape index (κ1) is 26.8. The maximum atomic E-state index is 15.4. The predicted molar refractivity (Wildman–Crippen MR) is 150 cm³/mol. The summed E-state index contributed by atoms with van der Waals surface area (Å²) in [6.45, 7) is 2.97. The molecule has 3 aromatic heterocycles. The van der Waals surface area contributed by atoms with Crippen molar-refractivity contribution in [3.05, 3.63) is 75.1 Å². The number of halogens is 2. The van der Waals surface area contributed by atoms with Gasteiger partial charge < -0.3 is 20.1 Å². The van der Waals surface area contributed by atoms with Gasteiger partial charge >= 0.3 is 5.97 Å². The number of benzene rings is 1. The fourth-order valence-electron chi connectivity index (χ4n) is 5.78. The Morgan fingerprint density at radius 1 is 1.15 bits per heavy atom. The monoisotopic (exact) mass is 562 g/mol. The molecule has 0 radical (unpaired) electrons. The molecule has 41 heavy (non-hydrogen) atoms. The van der Waals surface area contributed by atoms with Crippen LogP contribution >= 0.6 is 0 Å². The Labute approximate surface area is 233 Å². The number of aromatic carboxylic acids is 1. The van der Waals surface area contributed by atoms with E-state index in [1.54, 1.807) is 27.3 Å². The maximum absolute atomic E-state index is 15.4. The van der Waals surface area contributed by atoms with Gasteiger partial charge in [-0.05, 0) is 11.6 Å². The van der Waals surface area contributed by atoms with Crippen molar-refractivity contribution in [3.8, 4) is 22.3 Å². The lowest BCUT2D eigenvalue weighted by Crippen LogP contribution is -2.36. The second kappa shape index (κ2) is 10.2. The van der Waals surface area contributed by atoms with Gasteiger partial charge in [-0.2, -0.15) is 0 Å². The largest absolute Gasteiger partial charge is 0.477 e. The molecule has 1 aromatic carbocycles. The molecule has 2 aliphatic rings. The maximum Gasteiger partial charge on any atom is 0.342 e. The molecular weight excluding hydrogens is 534 g/mol. The number of nitrogens with one attached hydrogen (secondary N) is 1. The Bertz CT molecular complexity index is 1780. The van der Waals surface area contributed by atoms with Crippen molar-refractivity contribution in [1.82, 2.24) is 19.3 Å². The van der Waals surface area contributed by atoms with E-state index in [9.17, 15) is 19.1 Å². The highest BCUT2D eigenvalue weighted by Gasteiger charge is 2.33. The molecule has 1 aliphatic carbocycles. The number of anilines is 2. The number of rotatable bonds is 6. The molecule has 212 valence electrons. The molecule has 0 saturated carbocycles. The molecule has 2 N–H and O–H groups in total. The summed E-state index contributed by atoms with van der Waals surface area (Å²) in [6, 6.07) is 3.04. The van der Waals surface area contributed by atoms with Crippen LogP contribution in [0.2, 0.25) is 0 Å². The minimum atomic E-state index is -1.38. The molecule has 10 nitrogen and oxygen atoms in total. The number of ether oxygens (including phenoxy) is 1. The number of carboxylic acid groups (broad SMARTS) is 1. The van der Waals surface area contributed by atoms with Crippen LogP contribution in [0.4, 0.5) is 20.2 Å². The van der Waals surface area contributed by atoms with Crippen molar-refractivity contribution in [2.45, 2.75) is 13.0 Å². The van der Waals surface area contributed by atoms with Gasteiger partial charge in [0.15, 0.2) is 11.6 Å². The first-order valence-electron chi connectivity index (χ1n) is 13.2. The highest BCUT2D eigenvalue weighted by molar-refractivity contribution is 5.96. The van der Waals surface area contributed by atoms with Crippen molar-refractivity contribution in [2.75, 3.05) is 57.7 Å². The molecule has 0 atom stereocenters. The normalized spacial score (nSPS) is 14.7. The molecule has 0 spiro atoms. The third-order valence-corrected chi connectivity index (χ3v) is 7.69. The smallest absolute Gasteiger partial charge is 0.342 e. The molecular formula is C29H28F2N6O4. The second-order valence-corrected chi connectivity index (χ2v) is 10.4. The highest BCUT2D eigenvalue weighted by Crippen LogP contribution is 2.49. The summed E-state index contributed by atoms with van der Waals surface area (Å²) in [5.74, 6) is -3.29. The number of pyridine rings is 2. The number of hydrogen-bond donors (Lipinski definition) is 2. The van der Waals surface area contributed by atoms with Gasteiger partial charge in [-0.1, -0.05) is 0 Å². The van der Waals surface area contributed by atoms with E-state index in [0.29, 0.717) is 89.8 Å². The number of carbonyl (C=O) groups is 1. The van der Waals surface area contributed by atoms with Crippen LogP contribution in [0.15, 0.2) is 35.5 Å². The van der Waals surface area contributed by atoms with Crippen LogP contribution in [0.1, 0.15) is 27.2 Å². The van der Waals surface area contributed by atoms with Gasteiger partial charge in [-0.3, -0.25) is 19.1 Å². The molecule has 1 saturated heterocycles. The number of fused-ring (bicyclic) bond motifs is 4. The summed E-state index contributed by atoms with van der Waals surface area (Å²) in [6.07, 6.45) is 4.60. The van der Waals surface area contributed by atoms with Gasteiger partial charge in [0.25, 0.3) is 5.56 Å². The lowest BCUT2D eigenvalue weighted by atomic mass is 9.97. The van der Waals surface area contributed by atoms with Gasteiger partial charge in [0.2, 0.25) is 0 Å². The summed E-state index contributed by atoms with van der Waals surface area (Å²) >= 11 is 0. The van der Waals surface area contributed by atoms with E-state index < -0.39 is 28.7 Å². The first-order valence-corrected chi connectivity index (χ1v) is 13.2. The van der Waals surface area contributed by atoms with E-state index in [1.807, 2.05) is 11.0 Å². The van der Waals surface area contributed by atoms with E-state index in [-0.39, 0.29) is 5.56 Å². The summed E-state index contributed by atoms with van der Waals surface area (Å²) in [5.41, 5.74) is 3.97. The van der Waals surface area contributed by atoms with Gasteiger partial charge in [-0.25, -0.2) is 18.6 Å². The van der Waals surface area contributed by atoms with Crippen LogP contribution in [-0.2, 0) is 17.7 Å². The Morgan fingerprint density at radius 2 is 1.90 bits per heavy atom. The average molecular weight is 563 g/mol. The van der Waals surface area contributed by atoms with Crippen LogP contribution in [0.3, 0.4) is 0 Å². The van der Waals surface area contributed by atoms with E-state index in [2.05, 4.69) is 20.2 Å². The Kier molecular flexibility index (Phi) is 6.66. The fraction of sp³-hybridized carbons (Fsp3) is 0.310. The molecule has 1 fully saturated rings. The zero-order valence-corrected chi connectivity index (χ0v) is 22.8. The lowest BCUT2D eigenvalue weighted by molar-refractivity contribution is 0.0343. The van der Waals surface area contributed by atoms with Crippen molar-refractivity contribution in [2.24, 2.45) is 0 Å². The summed E-state index contributed by atoms with van der Waals surface area (Å²) in [5, 5.41) is 12.5. The quantitative estimate of drug-likeness (QED) is 0.322. The zero-order chi connectivity index (χ0) is 29.0. The fourth-order valence-corrected chi connectivity index (χ4v) is 5.78. The third-order valence-electron chi connectivity index (χ3n) is 7.69. The van der Waals surface area contributed by atoms with Gasteiger partial charge in [-0.15, -0.1) is 0 Å².